The maximum atomic E-state index is 12.4. The summed E-state index contributed by atoms with van der Waals surface area (Å²) < 4.78 is 17.4. The standard InChI is InChI=1S/C31H39NO5/c33-32(34)31(19-10-22-35-25-28-13-4-1-5-14-28,20-11-23-36-26-29-15-6-2-7-16-29)21-12-24-37-27-30-17-8-3-9-18-30/h1-9,13-18H,10-12,19-27H2. The predicted molar refractivity (Wildman–Crippen MR) is 146 cm³/mol. The monoisotopic (exact) mass is 505 g/mol. The molecule has 3 aromatic carbocycles. The number of benzene rings is 3. The number of rotatable bonds is 19. The third kappa shape index (κ3) is 10.8. The highest BCUT2D eigenvalue weighted by Crippen LogP contribution is 2.29. The highest BCUT2D eigenvalue weighted by molar-refractivity contribution is 5.14. The van der Waals surface area contributed by atoms with Crippen molar-refractivity contribution < 1.29 is 19.1 Å². The molecule has 0 heterocycles. The van der Waals surface area contributed by atoms with Gasteiger partial charge in [-0.25, -0.2) is 0 Å². The van der Waals surface area contributed by atoms with Crippen LogP contribution in [0, 0.1) is 10.1 Å². The van der Waals surface area contributed by atoms with Gasteiger partial charge < -0.3 is 14.2 Å². The SMILES string of the molecule is O=[N+]([O-])C(CCCOCc1ccccc1)(CCCOCc1ccccc1)CCCOCc1ccccc1. The largest absolute Gasteiger partial charge is 0.377 e. The van der Waals surface area contributed by atoms with Crippen molar-refractivity contribution in [3.05, 3.63) is 118 Å². The lowest BCUT2D eigenvalue weighted by Gasteiger charge is -2.26. The summed E-state index contributed by atoms with van der Waals surface area (Å²) in [6, 6.07) is 29.9. The Morgan fingerprint density at radius 3 is 1.11 bits per heavy atom. The Labute approximate surface area is 220 Å². The second-order valence-corrected chi connectivity index (χ2v) is 9.41. The summed E-state index contributed by atoms with van der Waals surface area (Å²) in [7, 11) is 0. The minimum atomic E-state index is -0.998. The Bertz CT molecular complexity index is 877. The van der Waals surface area contributed by atoms with Crippen molar-refractivity contribution in [1.29, 1.82) is 0 Å². The smallest absolute Gasteiger partial charge is 0.222 e. The molecular weight excluding hydrogens is 466 g/mol. The van der Waals surface area contributed by atoms with E-state index in [2.05, 4.69) is 0 Å². The summed E-state index contributed by atoms with van der Waals surface area (Å²) in [6.45, 7) is 3.06. The number of hydrogen-bond acceptors (Lipinski definition) is 5. The summed E-state index contributed by atoms with van der Waals surface area (Å²) in [5.41, 5.74) is 2.32. The summed E-state index contributed by atoms with van der Waals surface area (Å²) in [6.07, 6.45) is 3.36. The van der Waals surface area contributed by atoms with Crippen LogP contribution in [0.15, 0.2) is 91.0 Å². The molecule has 0 N–H and O–H groups in total. The van der Waals surface area contributed by atoms with Crippen molar-refractivity contribution in [2.75, 3.05) is 19.8 Å². The van der Waals surface area contributed by atoms with Gasteiger partial charge in [0.05, 0.1) is 19.8 Å². The van der Waals surface area contributed by atoms with E-state index in [-0.39, 0.29) is 4.92 Å². The number of nitro groups is 1. The first kappa shape index (κ1) is 28.5. The maximum absolute atomic E-state index is 12.4. The van der Waals surface area contributed by atoms with E-state index in [4.69, 9.17) is 14.2 Å². The molecule has 0 atom stereocenters. The van der Waals surface area contributed by atoms with Gasteiger partial charge in [0.1, 0.15) is 0 Å². The first-order valence-electron chi connectivity index (χ1n) is 13.2. The quantitative estimate of drug-likeness (QED) is 0.0997. The zero-order chi connectivity index (χ0) is 26.0. The summed E-state index contributed by atoms with van der Waals surface area (Å²) in [4.78, 5) is 12.3. The Morgan fingerprint density at radius 2 is 0.838 bits per heavy atom. The molecule has 0 spiro atoms. The number of hydrogen-bond donors (Lipinski definition) is 0. The fourth-order valence-electron chi connectivity index (χ4n) is 4.45. The minimum Gasteiger partial charge on any atom is -0.377 e. The predicted octanol–water partition coefficient (Wildman–Crippen LogP) is 6.99. The first-order valence-corrected chi connectivity index (χ1v) is 13.2. The number of nitrogens with zero attached hydrogens (tertiary/aromatic N) is 1. The molecule has 0 saturated carbocycles. The minimum absolute atomic E-state index is 0.0708. The van der Waals surface area contributed by atoms with Crippen molar-refractivity contribution in [1.82, 2.24) is 0 Å². The molecule has 198 valence electrons. The summed E-state index contributed by atoms with van der Waals surface area (Å²) >= 11 is 0. The third-order valence-corrected chi connectivity index (χ3v) is 6.51. The van der Waals surface area contributed by atoms with Crippen molar-refractivity contribution in [3.8, 4) is 0 Å². The summed E-state index contributed by atoms with van der Waals surface area (Å²) in [5, 5.41) is 12.4. The maximum Gasteiger partial charge on any atom is 0.222 e. The fourth-order valence-corrected chi connectivity index (χ4v) is 4.45. The van der Waals surface area contributed by atoms with Gasteiger partial charge in [0, 0.05) is 44.0 Å². The van der Waals surface area contributed by atoms with Crippen LogP contribution >= 0.6 is 0 Å². The molecule has 0 saturated heterocycles. The molecule has 0 unspecified atom stereocenters. The fraction of sp³-hybridized carbons (Fsp3) is 0.419. The van der Waals surface area contributed by atoms with Crippen LogP contribution in [0.3, 0.4) is 0 Å². The zero-order valence-electron chi connectivity index (χ0n) is 21.6. The highest BCUT2D eigenvalue weighted by atomic mass is 16.6. The first-order chi connectivity index (χ1) is 18.2. The van der Waals surface area contributed by atoms with Crippen LogP contribution < -0.4 is 0 Å². The number of ether oxygens (including phenoxy) is 3. The van der Waals surface area contributed by atoms with E-state index in [1.807, 2.05) is 91.0 Å². The molecule has 6 heteroatoms. The molecular formula is C31H39NO5. The lowest BCUT2D eigenvalue weighted by Crippen LogP contribution is -2.39. The molecule has 37 heavy (non-hydrogen) atoms. The van der Waals surface area contributed by atoms with Crippen molar-refractivity contribution in [3.63, 3.8) is 0 Å². The highest BCUT2D eigenvalue weighted by Gasteiger charge is 2.41. The molecule has 0 fully saturated rings. The second kappa shape index (κ2) is 16.6. The van der Waals surface area contributed by atoms with Gasteiger partial charge >= 0.3 is 0 Å². The van der Waals surface area contributed by atoms with E-state index in [1.165, 1.54) is 0 Å². The van der Waals surface area contributed by atoms with Gasteiger partial charge in [0.2, 0.25) is 5.54 Å². The topological polar surface area (TPSA) is 70.8 Å². The van der Waals surface area contributed by atoms with Crippen molar-refractivity contribution in [2.45, 2.75) is 63.9 Å². The summed E-state index contributed by atoms with van der Waals surface area (Å²) in [5.74, 6) is 0. The Hall–Kier alpha value is -3.06. The van der Waals surface area contributed by atoms with Gasteiger partial charge in [0.15, 0.2) is 0 Å². The van der Waals surface area contributed by atoms with Crippen molar-refractivity contribution in [2.24, 2.45) is 0 Å². The molecule has 0 amide bonds. The van der Waals surface area contributed by atoms with E-state index in [1.54, 1.807) is 0 Å². The third-order valence-electron chi connectivity index (χ3n) is 6.51. The zero-order valence-corrected chi connectivity index (χ0v) is 21.6. The Morgan fingerprint density at radius 1 is 0.541 bits per heavy atom. The second-order valence-electron chi connectivity index (χ2n) is 9.41. The molecule has 0 aliphatic rings. The van der Waals surface area contributed by atoms with E-state index in [9.17, 15) is 10.1 Å². The molecule has 0 bridgehead atoms. The van der Waals surface area contributed by atoms with Crippen LogP contribution in [0.4, 0.5) is 0 Å². The molecule has 0 aliphatic carbocycles. The average molecular weight is 506 g/mol. The van der Waals surface area contributed by atoms with Crippen LogP contribution in [0.2, 0.25) is 0 Å². The lowest BCUT2D eigenvalue weighted by molar-refractivity contribution is -0.574. The average Bonchev–Trinajstić information content (AvgIpc) is 2.93. The molecule has 3 aromatic rings. The van der Waals surface area contributed by atoms with Gasteiger partial charge in [0.25, 0.3) is 0 Å². The molecule has 0 aromatic heterocycles. The van der Waals surface area contributed by atoms with Gasteiger partial charge in [-0.05, 0) is 36.0 Å². The van der Waals surface area contributed by atoms with E-state index in [0.29, 0.717) is 78.2 Å². The van der Waals surface area contributed by atoms with E-state index < -0.39 is 5.54 Å². The van der Waals surface area contributed by atoms with Crippen LogP contribution in [-0.2, 0) is 34.0 Å². The van der Waals surface area contributed by atoms with Crippen LogP contribution in [0.1, 0.15) is 55.2 Å². The van der Waals surface area contributed by atoms with Crippen molar-refractivity contribution >= 4 is 0 Å². The van der Waals surface area contributed by atoms with Crippen LogP contribution in [-0.4, -0.2) is 30.3 Å². The lowest BCUT2D eigenvalue weighted by atomic mass is 9.84. The molecule has 0 aliphatic heterocycles. The molecule has 3 rings (SSSR count). The van der Waals surface area contributed by atoms with Gasteiger partial charge in [-0.3, -0.25) is 10.1 Å². The van der Waals surface area contributed by atoms with E-state index >= 15 is 0 Å². The molecule has 6 nitrogen and oxygen atoms in total. The normalized spacial score (nSPS) is 11.5. The van der Waals surface area contributed by atoms with Crippen LogP contribution in [0.5, 0.6) is 0 Å². The van der Waals surface area contributed by atoms with E-state index in [0.717, 1.165) is 16.7 Å². The Balaban J connectivity index is 1.46. The molecule has 0 radical (unpaired) electrons. The Kier molecular flexibility index (Phi) is 12.8. The van der Waals surface area contributed by atoms with Gasteiger partial charge in [-0.1, -0.05) is 91.0 Å². The van der Waals surface area contributed by atoms with Gasteiger partial charge in [-0.15, -0.1) is 0 Å². The van der Waals surface area contributed by atoms with Gasteiger partial charge in [-0.2, -0.15) is 0 Å². The van der Waals surface area contributed by atoms with Crippen LogP contribution in [0.25, 0.3) is 0 Å².